The summed E-state index contributed by atoms with van der Waals surface area (Å²) in [5.41, 5.74) is 4.33. The Labute approximate surface area is 234 Å². The first-order valence-corrected chi connectivity index (χ1v) is 15.6. The number of piperidine rings is 1. The van der Waals surface area contributed by atoms with Gasteiger partial charge in [0.05, 0.1) is 5.16 Å². The van der Waals surface area contributed by atoms with Crippen LogP contribution in [0.1, 0.15) is 92.4 Å². The summed E-state index contributed by atoms with van der Waals surface area (Å²) in [6.07, 6.45) is 17.0. The second-order valence-electron chi connectivity index (χ2n) is 14.2. The predicted octanol–water partition coefficient (Wildman–Crippen LogP) is 9.17. The van der Waals surface area contributed by atoms with E-state index in [1.54, 1.807) is 5.57 Å². The fraction of sp³-hybridized carbons (Fsp3) is 0.765. The van der Waals surface area contributed by atoms with Gasteiger partial charge in [0.25, 0.3) is 0 Å². The summed E-state index contributed by atoms with van der Waals surface area (Å²) in [4.78, 5) is 2.32. The van der Waals surface area contributed by atoms with E-state index in [-0.39, 0.29) is 0 Å². The molecule has 0 radical (unpaired) electrons. The largest absolute Gasteiger partial charge is 0.350 e. The van der Waals surface area contributed by atoms with Crippen LogP contribution in [0.4, 0.5) is 0 Å². The minimum Gasteiger partial charge on any atom is -0.350 e. The van der Waals surface area contributed by atoms with Crippen LogP contribution in [0, 0.1) is 51.8 Å². The van der Waals surface area contributed by atoms with Gasteiger partial charge in [-0.2, -0.15) is 0 Å². The molecule has 7 unspecified atom stereocenters. The van der Waals surface area contributed by atoms with Crippen molar-refractivity contribution in [3.63, 3.8) is 0 Å². The molecule has 2 bridgehead atoms. The highest BCUT2D eigenvalue weighted by molar-refractivity contribution is 6.28. The van der Waals surface area contributed by atoms with Crippen LogP contribution >= 0.6 is 11.6 Å². The number of fused-ring (bicyclic) bond motifs is 2. The van der Waals surface area contributed by atoms with Crippen LogP contribution < -0.4 is 5.32 Å². The molecule has 0 aromatic carbocycles. The molecular formula is C34H55ClN2. The third-order valence-corrected chi connectivity index (χ3v) is 12.4. The van der Waals surface area contributed by atoms with Gasteiger partial charge in [0, 0.05) is 18.2 Å². The zero-order valence-corrected chi connectivity index (χ0v) is 25.6. The predicted molar refractivity (Wildman–Crippen MR) is 161 cm³/mol. The summed E-state index contributed by atoms with van der Waals surface area (Å²) >= 11 is 5.65. The Balaban J connectivity index is 0.000000209. The van der Waals surface area contributed by atoms with Crippen molar-refractivity contribution in [3.8, 4) is 0 Å². The first-order chi connectivity index (χ1) is 17.4. The van der Waals surface area contributed by atoms with Gasteiger partial charge in [-0.05, 0) is 124 Å². The van der Waals surface area contributed by atoms with Crippen LogP contribution in [0.2, 0.25) is 0 Å². The Morgan fingerprint density at radius 3 is 2.54 bits per heavy atom. The molecule has 6 fully saturated rings. The van der Waals surface area contributed by atoms with Gasteiger partial charge in [-0.25, -0.2) is 0 Å². The molecule has 1 aliphatic heterocycles. The molecule has 6 aliphatic rings. The maximum Gasteiger partial charge on any atom is 0.0986 e. The third kappa shape index (κ3) is 5.04. The van der Waals surface area contributed by atoms with E-state index in [0.29, 0.717) is 27.3 Å². The summed E-state index contributed by atoms with van der Waals surface area (Å²) in [7, 11) is 2.13. The van der Waals surface area contributed by atoms with E-state index in [2.05, 4.69) is 83.8 Å². The van der Waals surface area contributed by atoms with E-state index in [9.17, 15) is 0 Å². The van der Waals surface area contributed by atoms with Crippen molar-refractivity contribution in [1.82, 2.24) is 10.2 Å². The second-order valence-corrected chi connectivity index (χ2v) is 14.6. The summed E-state index contributed by atoms with van der Waals surface area (Å²) in [5.74, 6) is 5.06. The molecule has 0 amide bonds. The topological polar surface area (TPSA) is 15.3 Å². The lowest BCUT2D eigenvalue weighted by Gasteiger charge is -2.71. The number of hydrogen-bond acceptors (Lipinski definition) is 2. The standard InChI is InChI=1S/C24H38.C10H17ClN2/c1-7-8-11-22(6)12-10-20-16(2)14-24-15-23(21(20)24,13-9-17(24)3)19(5)18(22)4;1-8(12-9(2)11)10-5-4-6-13(3)7-10/h7-8,16,18-21H,3,9-15H2,1-2,4-6H3;10,12H,1-2,4-7H2,3H3/b8-7-;/t16?,18?,19-,20?,21?,22+,23?,24?;/m0./s1. The Morgan fingerprint density at radius 2 is 1.89 bits per heavy atom. The number of nitrogens with zero attached hydrogens (tertiary/aromatic N) is 1. The fourth-order valence-corrected chi connectivity index (χ4v) is 10.2. The first-order valence-electron chi connectivity index (χ1n) is 15.2. The zero-order valence-electron chi connectivity index (χ0n) is 24.8. The number of halogens is 1. The van der Waals surface area contributed by atoms with Gasteiger partial charge in [-0.1, -0.05) is 76.8 Å². The van der Waals surface area contributed by atoms with E-state index in [1.807, 2.05) is 0 Å². The average Bonchev–Trinajstić information content (AvgIpc) is 3.08. The molecule has 1 N–H and O–H groups in total. The van der Waals surface area contributed by atoms with Crippen LogP contribution in [0.3, 0.4) is 0 Å². The maximum absolute atomic E-state index is 5.65. The van der Waals surface area contributed by atoms with Crippen LogP contribution in [-0.2, 0) is 0 Å². The molecule has 9 atom stereocenters. The van der Waals surface area contributed by atoms with Crippen LogP contribution in [0.15, 0.2) is 48.3 Å². The lowest BCUT2D eigenvalue weighted by molar-refractivity contribution is -0.196. The third-order valence-electron chi connectivity index (χ3n) is 12.3. The van der Waals surface area contributed by atoms with Crippen LogP contribution in [-0.4, -0.2) is 25.0 Å². The molecule has 2 spiro atoms. The van der Waals surface area contributed by atoms with Gasteiger partial charge >= 0.3 is 0 Å². The van der Waals surface area contributed by atoms with Gasteiger partial charge in [-0.3, -0.25) is 0 Å². The van der Waals surface area contributed by atoms with Gasteiger partial charge in [-0.15, -0.1) is 0 Å². The Morgan fingerprint density at radius 1 is 1.16 bits per heavy atom. The summed E-state index contributed by atoms with van der Waals surface area (Å²) in [6, 6.07) is 0. The number of allylic oxidation sites excluding steroid dienone is 3. The maximum atomic E-state index is 5.65. The monoisotopic (exact) mass is 526 g/mol. The van der Waals surface area contributed by atoms with Crippen molar-refractivity contribution >= 4 is 11.6 Å². The van der Waals surface area contributed by atoms with Gasteiger partial charge in [0.2, 0.25) is 0 Å². The molecule has 0 aromatic heterocycles. The normalized spacial score (nSPS) is 45.1. The lowest BCUT2D eigenvalue weighted by atomic mass is 9.33. The van der Waals surface area contributed by atoms with Crippen molar-refractivity contribution in [2.75, 3.05) is 20.1 Å². The van der Waals surface area contributed by atoms with E-state index in [1.165, 1.54) is 64.3 Å². The SMILES string of the molecule is C=C(Cl)NC(=C)C1CCCN(C)C1.C=C1CCC23CC14CC(C)C(CC[C@@](C)(C/C=C\C)C(C)[C@@H]2C)C43. The summed E-state index contributed by atoms with van der Waals surface area (Å²) in [6.45, 7) is 26.9. The lowest BCUT2D eigenvalue weighted by Crippen LogP contribution is -2.64. The highest BCUT2D eigenvalue weighted by Crippen LogP contribution is 2.81. The quantitative estimate of drug-likeness (QED) is 0.283. The molecular weight excluding hydrogens is 472 g/mol. The first kappa shape index (κ1) is 29.0. The van der Waals surface area contributed by atoms with Gasteiger partial charge in [0.1, 0.15) is 0 Å². The molecule has 1 heterocycles. The van der Waals surface area contributed by atoms with Crippen LogP contribution in [0.5, 0.6) is 0 Å². The second kappa shape index (κ2) is 10.9. The Bertz CT molecular complexity index is 921. The van der Waals surface area contributed by atoms with Crippen LogP contribution in [0.25, 0.3) is 0 Å². The minimum atomic E-state index is 0.457. The zero-order chi connectivity index (χ0) is 27.2. The van der Waals surface area contributed by atoms with Crippen molar-refractivity contribution in [1.29, 1.82) is 0 Å². The van der Waals surface area contributed by atoms with Crippen molar-refractivity contribution in [3.05, 3.63) is 48.3 Å². The summed E-state index contributed by atoms with van der Waals surface area (Å²) < 4.78 is 0. The number of rotatable bonds is 5. The molecule has 5 saturated carbocycles. The smallest absolute Gasteiger partial charge is 0.0986 e. The van der Waals surface area contributed by atoms with E-state index in [4.69, 9.17) is 11.6 Å². The van der Waals surface area contributed by atoms with Gasteiger partial charge < -0.3 is 10.2 Å². The molecule has 37 heavy (non-hydrogen) atoms. The average molecular weight is 527 g/mol. The van der Waals surface area contributed by atoms with Gasteiger partial charge in [0.15, 0.2) is 0 Å². The molecule has 208 valence electrons. The molecule has 1 saturated heterocycles. The minimum absolute atomic E-state index is 0.457. The summed E-state index contributed by atoms with van der Waals surface area (Å²) in [5, 5.41) is 3.44. The van der Waals surface area contributed by atoms with E-state index in [0.717, 1.165) is 41.8 Å². The molecule has 0 aromatic rings. The van der Waals surface area contributed by atoms with Crippen molar-refractivity contribution in [2.45, 2.75) is 92.4 Å². The Kier molecular flexibility index (Phi) is 8.53. The van der Waals surface area contributed by atoms with E-state index < -0.39 is 0 Å². The Hall–Kier alpha value is -0.990. The van der Waals surface area contributed by atoms with E-state index >= 15 is 0 Å². The van der Waals surface area contributed by atoms with Crippen molar-refractivity contribution in [2.24, 2.45) is 51.8 Å². The molecule has 5 aliphatic carbocycles. The number of likely N-dealkylation sites (tertiary alicyclic amines) is 1. The van der Waals surface area contributed by atoms with Crippen molar-refractivity contribution < 1.29 is 0 Å². The molecule has 2 nitrogen and oxygen atoms in total. The molecule has 6 rings (SSSR count). The number of nitrogens with one attached hydrogen (secondary N) is 1. The highest BCUT2D eigenvalue weighted by atomic mass is 35.5. The molecule has 3 heteroatoms. The fourth-order valence-electron chi connectivity index (χ4n) is 10.0. The number of hydrogen-bond donors (Lipinski definition) is 1. The highest BCUT2D eigenvalue weighted by Gasteiger charge is 2.74.